The summed E-state index contributed by atoms with van der Waals surface area (Å²) in [6.07, 6.45) is 34.4. The molecule has 0 aromatic heterocycles. The topological polar surface area (TPSA) is 0 Å². The third-order valence-electron chi connectivity index (χ3n) is 8.69. The van der Waals surface area contributed by atoms with Crippen molar-refractivity contribution in [1.82, 2.24) is 0 Å². The fourth-order valence-corrected chi connectivity index (χ4v) is 11.0. The zero-order valence-electron chi connectivity index (χ0n) is 26.6. The molecule has 0 saturated heterocycles. The Labute approximate surface area is 257 Å². The predicted molar refractivity (Wildman–Crippen MR) is 181 cm³/mol. The van der Waals surface area contributed by atoms with Gasteiger partial charge >= 0.3 is 0 Å². The summed E-state index contributed by atoms with van der Waals surface area (Å²) in [6, 6.07) is 23.0. The molecular weight excluding hydrogens is 523 g/mol. The first-order valence-corrected chi connectivity index (χ1v) is 19.7. The molecule has 2 aromatic carbocycles. The minimum absolute atomic E-state index is 0. The van der Waals surface area contributed by atoms with Gasteiger partial charge in [0.05, 0.1) is 24.6 Å². The number of rotatable bonds is 26. The summed E-state index contributed by atoms with van der Waals surface area (Å²) in [5.41, 5.74) is 3.17. The highest BCUT2D eigenvalue weighted by atomic mass is 35.5. The largest absolute Gasteiger partial charge is 1.00 e. The molecule has 0 bridgehead atoms. The van der Waals surface area contributed by atoms with Crippen LogP contribution in [0.5, 0.6) is 0 Å². The molecule has 0 heterocycles. The third-order valence-corrected chi connectivity index (χ3v) is 13.3. The van der Waals surface area contributed by atoms with E-state index in [1.54, 1.807) is 11.1 Å². The SMILES string of the molecule is CCCCCCCCCCCC[P+](CCCCCCCCCCCC)(Cc1ccccc1)Cc1ccccc1.[Cl-]. The van der Waals surface area contributed by atoms with E-state index < -0.39 is 7.26 Å². The molecular formula is C38H64ClP. The van der Waals surface area contributed by atoms with Crippen LogP contribution in [0.2, 0.25) is 0 Å². The molecule has 228 valence electrons. The van der Waals surface area contributed by atoms with Crippen LogP contribution >= 0.6 is 7.26 Å². The molecule has 0 radical (unpaired) electrons. The van der Waals surface area contributed by atoms with E-state index in [1.807, 2.05) is 0 Å². The normalized spacial score (nSPS) is 11.4. The fourth-order valence-electron chi connectivity index (χ4n) is 6.29. The first-order chi connectivity index (χ1) is 19.3. The molecule has 0 aliphatic carbocycles. The molecule has 0 aliphatic heterocycles. The van der Waals surface area contributed by atoms with Crippen molar-refractivity contribution in [2.75, 3.05) is 12.3 Å². The van der Waals surface area contributed by atoms with Gasteiger partial charge in [0.15, 0.2) is 0 Å². The van der Waals surface area contributed by atoms with Crippen molar-refractivity contribution in [3.63, 3.8) is 0 Å². The molecule has 0 fully saturated rings. The van der Waals surface area contributed by atoms with Gasteiger partial charge in [-0.05, 0) is 36.8 Å². The zero-order valence-corrected chi connectivity index (χ0v) is 28.2. The average Bonchev–Trinajstić information content (AvgIpc) is 2.96. The van der Waals surface area contributed by atoms with Gasteiger partial charge in [0, 0.05) is 7.26 Å². The first kappa shape index (κ1) is 37.2. The van der Waals surface area contributed by atoms with E-state index in [1.165, 1.54) is 153 Å². The summed E-state index contributed by atoms with van der Waals surface area (Å²) in [7, 11) is -1.09. The van der Waals surface area contributed by atoms with Crippen LogP contribution in [-0.4, -0.2) is 12.3 Å². The molecule has 0 amide bonds. The van der Waals surface area contributed by atoms with Crippen molar-refractivity contribution < 1.29 is 12.4 Å². The quantitative estimate of drug-likeness (QED) is 0.0759. The van der Waals surface area contributed by atoms with Crippen molar-refractivity contribution >= 4 is 7.26 Å². The summed E-state index contributed by atoms with van der Waals surface area (Å²) in [5.74, 6) is 0. The van der Waals surface area contributed by atoms with Crippen LogP contribution in [0, 0.1) is 0 Å². The van der Waals surface area contributed by atoms with Gasteiger partial charge in [0.2, 0.25) is 0 Å². The minimum Gasteiger partial charge on any atom is -1.00 e. The smallest absolute Gasteiger partial charge is 0.0846 e. The maximum Gasteiger partial charge on any atom is 0.0846 e. The molecule has 40 heavy (non-hydrogen) atoms. The van der Waals surface area contributed by atoms with E-state index in [4.69, 9.17) is 0 Å². The van der Waals surface area contributed by atoms with Crippen molar-refractivity contribution in [2.45, 2.75) is 155 Å². The maximum absolute atomic E-state index is 2.40. The van der Waals surface area contributed by atoms with E-state index in [2.05, 4.69) is 74.5 Å². The summed E-state index contributed by atoms with van der Waals surface area (Å²) in [4.78, 5) is 0. The second kappa shape index (κ2) is 25.8. The van der Waals surface area contributed by atoms with E-state index >= 15 is 0 Å². The Balaban J connectivity index is 0.00000800. The van der Waals surface area contributed by atoms with Crippen molar-refractivity contribution in [2.24, 2.45) is 0 Å². The van der Waals surface area contributed by atoms with Gasteiger partial charge in [-0.2, -0.15) is 0 Å². The zero-order chi connectivity index (χ0) is 27.7. The molecule has 0 aliphatic rings. The van der Waals surface area contributed by atoms with E-state index in [9.17, 15) is 0 Å². The summed E-state index contributed by atoms with van der Waals surface area (Å²) in [6.45, 7) is 4.63. The van der Waals surface area contributed by atoms with Crippen LogP contribution in [0.3, 0.4) is 0 Å². The van der Waals surface area contributed by atoms with Crippen LogP contribution in [0.1, 0.15) is 153 Å². The van der Waals surface area contributed by atoms with Gasteiger partial charge in [-0.3, -0.25) is 0 Å². The lowest BCUT2D eigenvalue weighted by Gasteiger charge is -2.29. The molecule has 2 heteroatoms. The molecule has 0 saturated carbocycles. The molecule has 0 nitrogen and oxygen atoms in total. The number of hydrogen-bond acceptors (Lipinski definition) is 0. The summed E-state index contributed by atoms with van der Waals surface area (Å²) >= 11 is 0. The van der Waals surface area contributed by atoms with Crippen molar-refractivity contribution in [3.8, 4) is 0 Å². The second-order valence-electron chi connectivity index (χ2n) is 12.4. The molecule has 0 N–H and O–H groups in total. The monoisotopic (exact) mass is 586 g/mol. The van der Waals surface area contributed by atoms with Crippen molar-refractivity contribution in [3.05, 3.63) is 71.8 Å². The van der Waals surface area contributed by atoms with E-state index in [0.29, 0.717) is 0 Å². The van der Waals surface area contributed by atoms with Crippen LogP contribution in [0.4, 0.5) is 0 Å². The maximum atomic E-state index is 2.40. The highest BCUT2D eigenvalue weighted by Crippen LogP contribution is 2.65. The lowest BCUT2D eigenvalue weighted by Crippen LogP contribution is -3.00. The Morgan fingerprint density at radius 1 is 0.375 bits per heavy atom. The van der Waals surface area contributed by atoms with Crippen molar-refractivity contribution in [1.29, 1.82) is 0 Å². The fraction of sp³-hybridized carbons (Fsp3) is 0.684. The summed E-state index contributed by atoms with van der Waals surface area (Å²) in [5, 5.41) is 0. The minimum atomic E-state index is -1.09. The number of unbranched alkanes of at least 4 members (excludes halogenated alkanes) is 18. The first-order valence-electron chi connectivity index (χ1n) is 17.2. The molecule has 2 aromatic rings. The lowest BCUT2D eigenvalue weighted by molar-refractivity contribution is -0.00000853. The molecule has 0 unspecified atom stereocenters. The predicted octanol–water partition coefficient (Wildman–Crippen LogP) is 10.3. The van der Waals surface area contributed by atoms with Gasteiger partial charge in [-0.1, -0.05) is 177 Å². The third kappa shape index (κ3) is 18.6. The summed E-state index contributed by atoms with van der Waals surface area (Å²) < 4.78 is 0. The molecule has 2 rings (SSSR count). The van der Waals surface area contributed by atoms with E-state index in [0.717, 1.165) is 0 Å². The standard InChI is InChI=1S/C38H64P.ClH/c1-3-5-7-9-11-13-15-17-19-27-33-39(35-37-29-23-21-24-30-37,36-38-31-25-22-26-32-38)34-28-20-18-16-14-12-10-8-6-4-2;/h21-26,29-32H,3-20,27-28,33-36H2,1-2H3;1H/q+1;/p-1. The Morgan fingerprint density at radius 3 is 0.950 bits per heavy atom. The second-order valence-corrected chi connectivity index (χ2v) is 16.7. The van der Waals surface area contributed by atoms with Gasteiger partial charge in [-0.15, -0.1) is 0 Å². The molecule has 0 spiro atoms. The van der Waals surface area contributed by atoms with Crippen LogP contribution in [0.25, 0.3) is 0 Å². The van der Waals surface area contributed by atoms with Gasteiger partial charge < -0.3 is 12.4 Å². The van der Waals surface area contributed by atoms with Gasteiger partial charge in [0.25, 0.3) is 0 Å². The van der Waals surface area contributed by atoms with E-state index in [-0.39, 0.29) is 12.4 Å². The average molecular weight is 587 g/mol. The highest BCUT2D eigenvalue weighted by Gasteiger charge is 2.36. The number of halogens is 1. The molecule has 0 atom stereocenters. The van der Waals surface area contributed by atoms with Gasteiger partial charge in [-0.25, -0.2) is 0 Å². The highest BCUT2D eigenvalue weighted by molar-refractivity contribution is 7.74. The Bertz CT molecular complexity index is 707. The van der Waals surface area contributed by atoms with Crippen LogP contribution in [-0.2, 0) is 12.3 Å². The Morgan fingerprint density at radius 2 is 0.650 bits per heavy atom. The Hall–Kier alpha value is -0.840. The van der Waals surface area contributed by atoms with Crippen LogP contribution in [0.15, 0.2) is 60.7 Å². The number of hydrogen-bond donors (Lipinski definition) is 0. The van der Waals surface area contributed by atoms with Gasteiger partial charge in [0.1, 0.15) is 0 Å². The van der Waals surface area contributed by atoms with Crippen LogP contribution < -0.4 is 12.4 Å². The Kier molecular flexibility index (Phi) is 24.0. The number of benzene rings is 2. The lowest BCUT2D eigenvalue weighted by atomic mass is 10.1.